The Bertz CT molecular complexity index is 336. The zero-order valence-electron chi connectivity index (χ0n) is 8.42. The summed E-state index contributed by atoms with van der Waals surface area (Å²) in [7, 11) is 1.61. The highest BCUT2D eigenvalue weighted by atomic mass is 16.1. The van der Waals surface area contributed by atoms with Gasteiger partial charge in [-0.3, -0.25) is 4.79 Å². The Hall–Kier alpha value is -1.71. The molecule has 0 spiro atoms. The number of anilines is 2. The van der Waals surface area contributed by atoms with Gasteiger partial charge in [-0.2, -0.15) is 0 Å². The van der Waals surface area contributed by atoms with Crippen LogP contribution in [0.25, 0.3) is 0 Å². The molecule has 4 N–H and O–H groups in total. The SMILES string of the molecule is CNC(=O)CNc1ccc(N)cc1C. The van der Waals surface area contributed by atoms with E-state index < -0.39 is 0 Å². The number of likely N-dealkylation sites (N-methyl/N-ethyl adjacent to an activating group) is 1. The van der Waals surface area contributed by atoms with Gasteiger partial charge in [0.25, 0.3) is 0 Å². The summed E-state index contributed by atoms with van der Waals surface area (Å²) in [6, 6.07) is 5.54. The van der Waals surface area contributed by atoms with Crippen LogP contribution in [0.1, 0.15) is 5.56 Å². The van der Waals surface area contributed by atoms with Gasteiger partial charge in [0.1, 0.15) is 0 Å². The van der Waals surface area contributed by atoms with Crippen LogP contribution in [0.2, 0.25) is 0 Å². The lowest BCUT2D eigenvalue weighted by molar-refractivity contribution is -0.118. The van der Waals surface area contributed by atoms with E-state index in [1.165, 1.54) is 0 Å². The maximum Gasteiger partial charge on any atom is 0.239 e. The highest BCUT2D eigenvalue weighted by Gasteiger charge is 2.00. The van der Waals surface area contributed by atoms with Gasteiger partial charge in [0.15, 0.2) is 0 Å². The molecule has 4 heteroatoms. The molecule has 1 amide bonds. The Labute approximate surface area is 83.5 Å². The van der Waals surface area contributed by atoms with Crippen LogP contribution in [-0.2, 0) is 4.79 Å². The van der Waals surface area contributed by atoms with Crippen molar-refractivity contribution in [2.24, 2.45) is 0 Å². The fourth-order valence-corrected chi connectivity index (χ4v) is 1.15. The normalized spacial score (nSPS) is 9.57. The maximum absolute atomic E-state index is 11.0. The van der Waals surface area contributed by atoms with Gasteiger partial charge in [0, 0.05) is 18.4 Å². The lowest BCUT2D eigenvalue weighted by Gasteiger charge is -2.08. The van der Waals surface area contributed by atoms with Gasteiger partial charge in [-0.1, -0.05) is 0 Å². The van der Waals surface area contributed by atoms with Gasteiger partial charge in [-0.25, -0.2) is 0 Å². The first kappa shape index (κ1) is 10.4. The second-order valence-corrected chi connectivity index (χ2v) is 3.10. The molecule has 0 aliphatic carbocycles. The lowest BCUT2D eigenvalue weighted by Crippen LogP contribution is -2.26. The van der Waals surface area contributed by atoms with E-state index >= 15 is 0 Å². The topological polar surface area (TPSA) is 67.2 Å². The summed E-state index contributed by atoms with van der Waals surface area (Å²) < 4.78 is 0. The number of amides is 1. The number of nitrogen functional groups attached to an aromatic ring is 1. The Morgan fingerprint density at radius 3 is 2.79 bits per heavy atom. The van der Waals surface area contributed by atoms with E-state index in [1.54, 1.807) is 13.1 Å². The average molecular weight is 193 g/mol. The quantitative estimate of drug-likeness (QED) is 0.620. The van der Waals surface area contributed by atoms with E-state index in [0.717, 1.165) is 16.9 Å². The number of hydrogen-bond donors (Lipinski definition) is 3. The van der Waals surface area contributed by atoms with Crippen molar-refractivity contribution in [2.45, 2.75) is 6.92 Å². The third-order valence-electron chi connectivity index (χ3n) is 1.97. The molecule has 76 valence electrons. The lowest BCUT2D eigenvalue weighted by atomic mass is 10.2. The van der Waals surface area contributed by atoms with Gasteiger partial charge >= 0.3 is 0 Å². The largest absolute Gasteiger partial charge is 0.399 e. The van der Waals surface area contributed by atoms with Gasteiger partial charge in [0.05, 0.1) is 6.54 Å². The summed E-state index contributed by atoms with van der Waals surface area (Å²) in [6.45, 7) is 2.23. The van der Waals surface area contributed by atoms with E-state index in [2.05, 4.69) is 10.6 Å². The molecule has 0 fully saturated rings. The fourth-order valence-electron chi connectivity index (χ4n) is 1.15. The van der Waals surface area contributed by atoms with E-state index in [-0.39, 0.29) is 12.5 Å². The molecule has 0 atom stereocenters. The van der Waals surface area contributed by atoms with Gasteiger partial charge in [-0.05, 0) is 30.7 Å². The van der Waals surface area contributed by atoms with Crippen molar-refractivity contribution >= 4 is 17.3 Å². The van der Waals surface area contributed by atoms with E-state index in [4.69, 9.17) is 5.73 Å². The molecule has 0 aromatic heterocycles. The maximum atomic E-state index is 11.0. The average Bonchev–Trinajstić information content (AvgIpc) is 2.16. The molecule has 0 heterocycles. The minimum Gasteiger partial charge on any atom is -0.399 e. The number of carbonyl (C=O) groups excluding carboxylic acids is 1. The standard InChI is InChI=1S/C10H15N3O/c1-7-5-8(11)3-4-9(7)13-6-10(14)12-2/h3-5,13H,6,11H2,1-2H3,(H,12,14). The Morgan fingerprint density at radius 1 is 1.50 bits per heavy atom. The Kier molecular flexibility index (Phi) is 3.34. The molecule has 0 radical (unpaired) electrons. The van der Waals surface area contributed by atoms with Crippen molar-refractivity contribution in [3.8, 4) is 0 Å². The first-order chi connectivity index (χ1) is 6.63. The van der Waals surface area contributed by atoms with Crippen molar-refractivity contribution < 1.29 is 4.79 Å². The van der Waals surface area contributed by atoms with Crippen molar-refractivity contribution in [3.05, 3.63) is 23.8 Å². The summed E-state index contributed by atoms with van der Waals surface area (Å²) in [5.74, 6) is -0.0405. The molecule has 1 aromatic rings. The van der Waals surface area contributed by atoms with Gasteiger partial charge in [-0.15, -0.1) is 0 Å². The van der Waals surface area contributed by atoms with Crippen LogP contribution in [-0.4, -0.2) is 19.5 Å². The van der Waals surface area contributed by atoms with Crippen molar-refractivity contribution in [3.63, 3.8) is 0 Å². The van der Waals surface area contributed by atoms with Crippen LogP contribution in [0.5, 0.6) is 0 Å². The first-order valence-corrected chi connectivity index (χ1v) is 4.44. The molecule has 1 rings (SSSR count). The van der Waals surface area contributed by atoms with Crippen molar-refractivity contribution in [1.29, 1.82) is 0 Å². The molecular formula is C10H15N3O. The van der Waals surface area contributed by atoms with Crippen LogP contribution >= 0.6 is 0 Å². The van der Waals surface area contributed by atoms with Crippen molar-refractivity contribution in [1.82, 2.24) is 5.32 Å². The molecular weight excluding hydrogens is 178 g/mol. The number of aryl methyl sites for hydroxylation is 1. The molecule has 14 heavy (non-hydrogen) atoms. The number of benzene rings is 1. The van der Waals surface area contributed by atoms with Crippen LogP contribution in [0, 0.1) is 6.92 Å². The number of hydrogen-bond acceptors (Lipinski definition) is 3. The molecule has 0 bridgehead atoms. The Morgan fingerprint density at radius 2 is 2.21 bits per heavy atom. The molecule has 0 aliphatic heterocycles. The summed E-state index contributed by atoms with van der Waals surface area (Å²) in [5.41, 5.74) is 8.30. The highest BCUT2D eigenvalue weighted by Crippen LogP contribution is 2.16. The molecule has 0 saturated carbocycles. The summed E-state index contributed by atoms with van der Waals surface area (Å²) >= 11 is 0. The molecule has 4 nitrogen and oxygen atoms in total. The van der Waals surface area contributed by atoms with Gasteiger partial charge < -0.3 is 16.4 Å². The Balaban J connectivity index is 2.63. The third-order valence-corrected chi connectivity index (χ3v) is 1.97. The minimum absolute atomic E-state index is 0.0405. The molecule has 0 unspecified atom stereocenters. The van der Waals surface area contributed by atoms with E-state index in [1.807, 2.05) is 19.1 Å². The number of rotatable bonds is 3. The van der Waals surface area contributed by atoms with Crippen LogP contribution in [0.15, 0.2) is 18.2 Å². The zero-order valence-corrected chi connectivity index (χ0v) is 8.42. The summed E-state index contributed by atoms with van der Waals surface area (Å²) in [5, 5.41) is 5.56. The van der Waals surface area contributed by atoms with Crippen molar-refractivity contribution in [2.75, 3.05) is 24.6 Å². The molecule has 0 aliphatic rings. The fraction of sp³-hybridized carbons (Fsp3) is 0.300. The highest BCUT2D eigenvalue weighted by molar-refractivity contribution is 5.80. The number of nitrogens with two attached hydrogens (primary N) is 1. The third kappa shape index (κ3) is 2.65. The smallest absolute Gasteiger partial charge is 0.239 e. The monoisotopic (exact) mass is 193 g/mol. The van der Waals surface area contributed by atoms with E-state index in [9.17, 15) is 4.79 Å². The summed E-state index contributed by atoms with van der Waals surface area (Å²) in [4.78, 5) is 11.0. The molecule has 0 saturated heterocycles. The van der Waals surface area contributed by atoms with Crippen LogP contribution < -0.4 is 16.4 Å². The minimum atomic E-state index is -0.0405. The molecule has 1 aromatic carbocycles. The predicted octanol–water partition coefficient (Wildman–Crippen LogP) is 0.735. The number of carbonyl (C=O) groups is 1. The van der Waals surface area contributed by atoms with Crippen LogP contribution in [0.4, 0.5) is 11.4 Å². The van der Waals surface area contributed by atoms with Crippen LogP contribution in [0.3, 0.4) is 0 Å². The second kappa shape index (κ2) is 4.50. The predicted molar refractivity (Wildman–Crippen MR) is 58.1 cm³/mol. The second-order valence-electron chi connectivity index (χ2n) is 3.10. The zero-order chi connectivity index (χ0) is 10.6. The van der Waals surface area contributed by atoms with E-state index in [0.29, 0.717) is 0 Å². The summed E-state index contributed by atoms with van der Waals surface area (Å²) in [6.07, 6.45) is 0. The number of nitrogens with one attached hydrogen (secondary N) is 2. The van der Waals surface area contributed by atoms with Gasteiger partial charge in [0.2, 0.25) is 5.91 Å². The first-order valence-electron chi connectivity index (χ1n) is 4.44.